The van der Waals surface area contributed by atoms with E-state index in [2.05, 4.69) is 123 Å². The summed E-state index contributed by atoms with van der Waals surface area (Å²) in [6, 6.07) is 37.4. The fraction of sp³-hybridized carbons (Fsp3) is 0.143. The van der Waals surface area contributed by atoms with Crippen LogP contribution < -0.4 is 29.2 Å². The third kappa shape index (κ3) is 11.0. The van der Waals surface area contributed by atoms with Crippen LogP contribution in [0.25, 0.3) is 10.8 Å². The average molecular weight is 616 g/mol. The van der Waals surface area contributed by atoms with Gasteiger partial charge in [0.25, 0.3) is 0 Å². The Labute approximate surface area is 230 Å². The number of halogens is 1. The van der Waals surface area contributed by atoms with Gasteiger partial charge in [0.05, 0.1) is 0 Å². The molecular weight excluding hydrogens is 587 g/mol. The number of hydrogen-bond acceptors (Lipinski definition) is 5. The van der Waals surface area contributed by atoms with Gasteiger partial charge in [-0.15, -0.1) is 32.6 Å². The van der Waals surface area contributed by atoms with Crippen molar-refractivity contribution in [3.05, 3.63) is 121 Å². The molecule has 0 aliphatic heterocycles. The van der Waals surface area contributed by atoms with Gasteiger partial charge >= 0.3 is 20.4 Å². The first-order valence-corrected chi connectivity index (χ1v) is 13.5. The first kappa shape index (κ1) is 32.1. The molecule has 36 heavy (non-hydrogen) atoms. The molecule has 0 saturated carbocycles. The van der Waals surface area contributed by atoms with Crippen molar-refractivity contribution in [3.8, 4) is 0 Å². The normalized spacial score (nSPS) is 11.5. The first-order valence-electron chi connectivity index (χ1n) is 10.8. The third-order valence-electron chi connectivity index (χ3n) is 5.20. The molecule has 0 fully saturated rings. The smallest absolute Gasteiger partial charge is 0.305 e. The Morgan fingerprint density at radius 2 is 1.25 bits per heavy atom. The number of hydrogen-bond donors (Lipinski definition) is 0. The number of fused-ring (bicyclic) bond motifs is 1. The Kier molecular flexibility index (Phi) is 14.3. The number of benzene rings is 4. The van der Waals surface area contributed by atoms with Crippen molar-refractivity contribution < 1.29 is 49.3 Å². The van der Waals surface area contributed by atoms with E-state index < -0.39 is 10.2 Å². The fourth-order valence-corrected chi connectivity index (χ4v) is 5.03. The zero-order chi connectivity index (χ0) is 25.8. The van der Waals surface area contributed by atoms with Crippen molar-refractivity contribution in [2.45, 2.75) is 13.0 Å². The molecule has 0 saturated heterocycles. The summed E-state index contributed by atoms with van der Waals surface area (Å²) in [5.74, 6) is 2.06. The van der Waals surface area contributed by atoms with Crippen molar-refractivity contribution in [1.82, 2.24) is 4.90 Å². The molecule has 0 radical (unpaired) electrons. The average Bonchev–Trinajstić information content (AvgIpc) is 2.84. The van der Waals surface area contributed by atoms with Gasteiger partial charge in [0.2, 0.25) is 0 Å². The van der Waals surface area contributed by atoms with Gasteiger partial charge in [0.1, 0.15) is 0 Å². The molecule has 5 nitrogen and oxygen atoms in total. The molecule has 0 aliphatic carbocycles. The molecule has 0 aliphatic rings. The molecule has 0 N–H and O–H groups in total. The molecule has 4 aromatic carbocycles. The summed E-state index contributed by atoms with van der Waals surface area (Å²) in [7, 11) is -1.13. The van der Waals surface area contributed by atoms with E-state index >= 15 is 0 Å². The molecular formula is C28H29ClNO4PPd. The van der Waals surface area contributed by atoms with E-state index in [1.54, 1.807) is 0 Å². The minimum atomic E-state index is -4.94. The second-order valence-corrected chi connectivity index (χ2v) is 10.6. The summed E-state index contributed by atoms with van der Waals surface area (Å²) in [4.78, 5) is 2.21. The van der Waals surface area contributed by atoms with E-state index in [0.717, 1.165) is 0 Å². The van der Waals surface area contributed by atoms with Gasteiger partial charge < -0.3 is 4.90 Å². The molecule has 4 aromatic rings. The van der Waals surface area contributed by atoms with Gasteiger partial charge in [-0.3, -0.25) is 0 Å². The van der Waals surface area contributed by atoms with Crippen molar-refractivity contribution >= 4 is 29.3 Å². The van der Waals surface area contributed by atoms with Gasteiger partial charge in [-0.05, 0) is 39.5 Å². The van der Waals surface area contributed by atoms with Crippen molar-refractivity contribution in [2.75, 3.05) is 14.1 Å². The minimum absolute atomic E-state index is 0. The van der Waals surface area contributed by atoms with E-state index in [1.807, 2.05) is 18.2 Å². The Bertz CT molecular complexity index is 1120. The third-order valence-corrected chi connectivity index (χ3v) is 7.27. The zero-order valence-corrected chi connectivity index (χ0v) is 23.5. The molecule has 0 spiro atoms. The molecule has 4 rings (SSSR count). The fourth-order valence-electron chi connectivity index (χ4n) is 3.33. The van der Waals surface area contributed by atoms with Crippen LogP contribution in [0, 0.1) is 16.3 Å². The Morgan fingerprint density at radius 3 is 1.69 bits per heavy atom. The molecule has 0 unspecified atom stereocenters. The summed E-state index contributed by atoms with van der Waals surface area (Å²) in [6.45, 7) is 6.15. The van der Waals surface area contributed by atoms with Crippen molar-refractivity contribution in [3.63, 3.8) is 0 Å². The molecule has 8 heteroatoms. The standard InChI is InChI=1S/C14H16N.C14H13P.ClHO4.Pd/c1-11(15(2)3)13-10-6-8-12-7-4-5-9-14(12)13;1-2-15(13-9-5-3-6-10-13)14-11-7-4-8-12-14;2-1(3,4)5;/h4-9,11H,1-3H3;2-12H,1H2;(H,2,3,4,5);/q-1;;;+2/p-1/t11-;;;/m0.../s1. The van der Waals surface area contributed by atoms with Gasteiger partial charge in [0.15, 0.2) is 0 Å². The van der Waals surface area contributed by atoms with Crippen LogP contribution in [0.3, 0.4) is 0 Å². The van der Waals surface area contributed by atoms with Crippen LogP contribution in [0.4, 0.5) is 0 Å². The maximum atomic E-state index is 8.49. The summed E-state index contributed by atoms with van der Waals surface area (Å²) in [5, 5.41) is 5.31. The second kappa shape index (κ2) is 16.0. The Hall–Kier alpha value is -1.94. The summed E-state index contributed by atoms with van der Waals surface area (Å²) in [6.07, 6.45) is 0. The van der Waals surface area contributed by atoms with Crippen LogP contribution in [-0.4, -0.2) is 19.0 Å². The van der Waals surface area contributed by atoms with Crippen molar-refractivity contribution in [1.29, 1.82) is 0 Å². The largest absolute Gasteiger partial charge is 2.00 e. The monoisotopic (exact) mass is 615 g/mol. The minimum Gasteiger partial charge on any atom is -0.305 e. The zero-order valence-electron chi connectivity index (χ0n) is 20.3. The summed E-state index contributed by atoms with van der Waals surface area (Å²) < 4.78 is 34.0. The predicted molar refractivity (Wildman–Crippen MR) is 134 cm³/mol. The summed E-state index contributed by atoms with van der Waals surface area (Å²) in [5.41, 5.74) is 1.28. The van der Waals surface area contributed by atoms with E-state index in [9.17, 15) is 0 Å². The van der Waals surface area contributed by atoms with Gasteiger partial charge in [-0.25, -0.2) is 18.6 Å². The van der Waals surface area contributed by atoms with Crippen LogP contribution in [0.2, 0.25) is 0 Å². The quantitative estimate of drug-likeness (QED) is 0.194. The first-order chi connectivity index (χ1) is 16.6. The Balaban J connectivity index is 0.000000298. The number of rotatable bonds is 5. The van der Waals surface area contributed by atoms with Gasteiger partial charge in [-0.2, -0.15) is 18.2 Å². The molecule has 0 heterocycles. The predicted octanol–water partition coefficient (Wildman–Crippen LogP) is 1.77. The molecule has 0 amide bonds. The van der Waals surface area contributed by atoms with Gasteiger partial charge in [-0.1, -0.05) is 91.3 Å². The topological polar surface area (TPSA) is 95.5 Å². The van der Waals surface area contributed by atoms with Crippen LogP contribution >= 0.6 is 7.92 Å². The van der Waals surface area contributed by atoms with E-state index in [0.29, 0.717) is 6.04 Å². The van der Waals surface area contributed by atoms with E-state index in [-0.39, 0.29) is 28.3 Å². The van der Waals surface area contributed by atoms with Gasteiger partial charge in [0, 0.05) is 6.04 Å². The molecule has 0 aromatic heterocycles. The van der Waals surface area contributed by atoms with Crippen LogP contribution in [0.5, 0.6) is 0 Å². The van der Waals surface area contributed by atoms with E-state index in [1.165, 1.54) is 26.9 Å². The maximum Gasteiger partial charge on any atom is 2.00 e. The molecule has 1 atom stereocenters. The van der Waals surface area contributed by atoms with Crippen LogP contribution in [-0.2, 0) is 20.4 Å². The van der Waals surface area contributed by atoms with Crippen LogP contribution in [0.1, 0.15) is 18.5 Å². The summed E-state index contributed by atoms with van der Waals surface area (Å²) >= 11 is 0. The molecule has 192 valence electrons. The van der Waals surface area contributed by atoms with Crippen molar-refractivity contribution in [2.24, 2.45) is 0 Å². The Morgan fingerprint density at radius 1 is 0.806 bits per heavy atom. The molecule has 0 bridgehead atoms. The number of nitrogens with zero attached hydrogens (tertiary/aromatic N) is 1. The SMILES string of the molecule is C=CP(c1ccccc1)c1ccccc1.C[C@@H](c1[c-]ccc2ccccc12)N(C)C.[O-][Cl+3]([O-])([O-])[O-].[Pd+2]. The van der Waals surface area contributed by atoms with Crippen LogP contribution in [0.15, 0.2) is 109 Å². The maximum absolute atomic E-state index is 8.49. The van der Waals surface area contributed by atoms with E-state index in [4.69, 9.17) is 18.6 Å². The second-order valence-electron chi connectivity index (χ2n) is 7.72.